The molecule has 0 saturated carbocycles. The number of hydrogen-bond donors (Lipinski definition) is 1. The Bertz CT molecular complexity index is 1090. The van der Waals surface area contributed by atoms with Gasteiger partial charge >= 0.3 is 0 Å². The number of hydrogen-bond acceptors (Lipinski definition) is 0. The maximum Gasteiger partial charge on any atom is 0.0536 e. The van der Waals surface area contributed by atoms with Crippen molar-refractivity contribution in [2.45, 2.75) is 20.8 Å². The van der Waals surface area contributed by atoms with Gasteiger partial charge < -0.3 is 9.55 Å². The third-order valence-corrected chi connectivity index (χ3v) is 4.24. The molecular weight excluding hydrogens is 304 g/mol. The van der Waals surface area contributed by atoms with Crippen molar-refractivity contribution in [1.82, 2.24) is 9.55 Å². The molecule has 2 aromatic carbocycles. The number of allylic oxidation sites excluding steroid dienone is 5. The highest BCUT2D eigenvalue weighted by molar-refractivity contribution is 6.20. The summed E-state index contributed by atoms with van der Waals surface area (Å²) in [4.78, 5) is 3.50. The van der Waals surface area contributed by atoms with Gasteiger partial charge in [-0.2, -0.15) is 0 Å². The predicted molar refractivity (Wildman–Crippen MR) is 112 cm³/mol. The Hall–Kier alpha value is -3.00. The van der Waals surface area contributed by atoms with Gasteiger partial charge in [-0.05, 0) is 43.3 Å². The molecule has 0 aliphatic heterocycles. The summed E-state index contributed by atoms with van der Waals surface area (Å²) < 4.78 is 2.21. The van der Waals surface area contributed by atoms with Gasteiger partial charge in [0.25, 0.3) is 0 Å². The van der Waals surface area contributed by atoms with Gasteiger partial charge in [0.2, 0.25) is 0 Å². The SMILES string of the molecule is C=C/C=C(\C=C/C)n1ccc2c3c(ccc21)[nH]c1ccccc13.CC. The number of nitrogens with zero attached hydrogens (tertiary/aromatic N) is 1. The fraction of sp³-hybridized carbons (Fsp3) is 0.130. The molecule has 2 aromatic heterocycles. The van der Waals surface area contributed by atoms with E-state index in [1.54, 1.807) is 0 Å². The Labute approximate surface area is 148 Å². The predicted octanol–water partition coefficient (Wildman–Crippen LogP) is 6.91. The second-order valence-electron chi connectivity index (χ2n) is 5.60. The highest BCUT2D eigenvalue weighted by Gasteiger charge is 2.11. The minimum atomic E-state index is 1.11. The topological polar surface area (TPSA) is 20.7 Å². The van der Waals surface area contributed by atoms with Crippen molar-refractivity contribution in [3.05, 3.63) is 79.5 Å². The first-order chi connectivity index (χ1) is 12.3. The number of aromatic amines is 1. The third-order valence-electron chi connectivity index (χ3n) is 4.24. The Kier molecular flexibility index (Phi) is 4.90. The number of H-pyrrole nitrogens is 1. The molecule has 0 aliphatic carbocycles. The van der Waals surface area contributed by atoms with Crippen LogP contribution in [0.15, 0.2) is 79.5 Å². The van der Waals surface area contributed by atoms with E-state index < -0.39 is 0 Å². The number of fused-ring (bicyclic) bond motifs is 5. The highest BCUT2D eigenvalue weighted by Crippen LogP contribution is 2.33. The van der Waals surface area contributed by atoms with Crippen molar-refractivity contribution in [2.24, 2.45) is 0 Å². The fourth-order valence-electron chi connectivity index (χ4n) is 3.30. The van der Waals surface area contributed by atoms with E-state index in [-0.39, 0.29) is 0 Å². The minimum Gasteiger partial charge on any atom is -0.354 e. The number of rotatable bonds is 3. The molecule has 0 spiro atoms. The zero-order valence-electron chi connectivity index (χ0n) is 15.1. The van der Waals surface area contributed by atoms with Gasteiger partial charge in [0.05, 0.1) is 5.52 Å². The van der Waals surface area contributed by atoms with E-state index >= 15 is 0 Å². The second kappa shape index (κ2) is 7.27. The van der Waals surface area contributed by atoms with Crippen LogP contribution in [0, 0.1) is 0 Å². The van der Waals surface area contributed by atoms with Crippen LogP contribution >= 0.6 is 0 Å². The van der Waals surface area contributed by atoms with E-state index in [9.17, 15) is 0 Å². The Balaban J connectivity index is 0.000000880. The maximum atomic E-state index is 3.83. The quantitative estimate of drug-likeness (QED) is 0.395. The summed E-state index contributed by atoms with van der Waals surface area (Å²) in [6, 6.07) is 15.0. The van der Waals surface area contributed by atoms with E-state index in [0.29, 0.717) is 0 Å². The molecule has 1 N–H and O–H groups in total. The summed E-state index contributed by atoms with van der Waals surface area (Å²) in [6.07, 6.45) is 10.1. The zero-order valence-corrected chi connectivity index (χ0v) is 15.1. The van der Waals surface area contributed by atoms with Gasteiger partial charge in [-0.25, -0.2) is 0 Å². The van der Waals surface area contributed by atoms with Crippen LogP contribution in [0.25, 0.3) is 38.4 Å². The van der Waals surface area contributed by atoms with Crippen molar-refractivity contribution in [2.75, 3.05) is 0 Å². The summed E-state index contributed by atoms with van der Waals surface area (Å²) in [6.45, 7) is 9.85. The number of benzene rings is 2. The fourth-order valence-corrected chi connectivity index (χ4v) is 3.30. The van der Waals surface area contributed by atoms with Gasteiger partial charge in [-0.1, -0.05) is 50.8 Å². The summed E-state index contributed by atoms with van der Waals surface area (Å²) in [5, 5.41) is 3.82. The lowest BCUT2D eigenvalue weighted by atomic mass is 10.1. The first-order valence-corrected chi connectivity index (χ1v) is 8.80. The molecule has 0 saturated heterocycles. The lowest BCUT2D eigenvalue weighted by Gasteiger charge is -2.06. The maximum absolute atomic E-state index is 3.83. The first kappa shape index (κ1) is 16.8. The molecule has 0 amide bonds. The van der Waals surface area contributed by atoms with E-state index in [2.05, 4.69) is 70.9 Å². The van der Waals surface area contributed by atoms with Crippen LogP contribution in [0.1, 0.15) is 20.8 Å². The van der Waals surface area contributed by atoms with E-state index in [4.69, 9.17) is 0 Å². The van der Waals surface area contributed by atoms with Gasteiger partial charge in [0.1, 0.15) is 0 Å². The first-order valence-electron chi connectivity index (χ1n) is 8.80. The number of para-hydroxylation sites is 1. The Morgan fingerprint density at radius 1 is 1.00 bits per heavy atom. The van der Waals surface area contributed by atoms with Crippen LogP contribution in [0.2, 0.25) is 0 Å². The molecule has 0 atom stereocenters. The molecule has 0 unspecified atom stereocenters. The molecule has 126 valence electrons. The summed E-state index contributed by atoms with van der Waals surface area (Å²) in [7, 11) is 0. The molecule has 25 heavy (non-hydrogen) atoms. The van der Waals surface area contributed by atoms with Crippen molar-refractivity contribution in [3.63, 3.8) is 0 Å². The van der Waals surface area contributed by atoms with Crippen LogP contribution < -0.4 is 0 Å². The molecular formula is C23H24N2. The Morgan fingerprint density at radius 3 is 2.56 bits per heavy atom. The summed E-state index contributed by atoms with van der Waals surface area (Å²) in [5.41, 5.74) is 4.67. The molecule has 2 heterocycles. The van der Waals surface area contributed by atoms with E-state index in [1.165, 1.54) is 32.7 Å². The van der Waals surface area contributed by atoms with Crippen LogP contribution in [0.4, 0.5) is 0 Å². The van der Waals surface area contributed by atoms with E-state index in [1.807, 2.05) is 39.0 Å². The Morgan fingerprint density at radius 2 is 1.80 bits per heavy atom. The van der Waals surface area contributed by atoms with Gasteiger partial charge in [0, 0.05) is 39.1 Å². The smallest absolute Gasteiger partial charge is 0.0536 e. The average molecular weight is 328 g/mol. The van der Waals surface area contributed by atoms with Gasteiger partial charge in [-0.15, -0.1) is 0 Å². The molecule has 0 fully saturated rings. The molecule has 0 bridgehead atoms. The normalized spacial score (nSPS) is 12.0. The number of aromatic nitrogens is 2. The molecule has 0 aliphatic rings. The second-order valence-corrected chi connectivity index (χ2v) is 5.60. The van der Waals surface area contributed by atoms with Crippen molar-refractivity contribution in [1.29, 1.82) is 0 Å². The molecule has 4 aromatic rings. The van der Waals surface area contributed by atoms with Crippen LogP contribution in [-0.4, -0.2) is 9.55 Å². The average Bonchev–Trinajstić information content (AvgIpc) is 3.24. The van der Waals surface area contributed by atoms with Gasteiger partial charge in [0.15, 0.2) is 0 Å². The van der Waals surface area contributed by atoms with Crippen LogP contribution in [0.5, 0.6) is 0 Å². The summed E-state index contributed by atoms with van der Waals surface area (Å²) >= 11 is 0. The van der Waals surface area contributed by atoms with Crippen LogP contribution in [0.3, 0.4) is 0 Å². The molecule has 4 rings (SSSR count). The lowest BCUT2D eigenvalue weighted by Crippen LogP contribution is -1.91. The van der Waals surface area contributed by atoms with Gasteiger partial charge in [-0.3, -0.25) is 0 Å². The number of nitrogens with one attached hydrogen (secondary N) is 1. The van der Waals surface area contributed by atoms with E-state index in [0.717, 1.165) is 5.70 Å². The van der Waals surface area contributed by atoms with Crippen molar-refractivity contribution in [3.8, 4) is 0 Å². The monoisotopic (exact) mass is 328 g/mol. The molecule has 2 heteroatoms. The molecule has 2 nitrogen and oxygen atoms in total. The van der Waals surface area contributed by atoms with Crippen LogP contribution in [-0.2, 0) is 0 Å². The standard InChI is InChI=1S/C21H18N2.C2H6/c1-3-7-15(8-4-2)23-14-13-17-20(23)12-11-19-21(17)16-9-5-6-10-18(16)22-19;1-2/h3-14,22H,1H2,2H3;1-2H3/b8-4-,15-7+;. The minimum absolute atomic E-state index is 1.11. The largest absolute Gasteiger partial charge is 0.354 e. The molecule has 0 radical (unpaired) electrons. The highest BCUT2D eigenvalue weighted by atomic mass is 15.0. The zero-order chi connectivity index (χ0) is 17.8. The van der Waals surface area contributed by atoms with Crippen molar-refractivity contribution < 1.29 is 0 Å². The summed E-state index contributed by atoms with van der Waals surface area (Å²) in [5.74, 6) is 0. The third kappa shape index (κ3) is 2.80. The lowest BCUT2D eigenvalue weighted by molar-refractivity contribution is 1.18. The van der Waals surface area contributed by atoms with Crippen molar-refractivity contribution >= 4 is 38.4 Å².